The quantitative estimate of drug-likeness (QED) is 0.750. The minimum atomic E-state index is -3.55. The van der Waals surface area contributed by atoms with Gasteiger partial charge in [0.25, 0.3) is 0 Å². The molecule has 134 valence electrons. The third kappa shape index (κ3) is 4.34. The molecule has 24 heavy (non-hydrogen) atoms. The van der Waals surface area contributed by atoms with Gasteiger partial charge in [0, 0.05) is 24.8 Å². The zero-order valence-corrected chi connectivity index (χ0v) is 15.6. The normalized spacial score (nSPS) is 16.2. The van der Waals surface area contributed by atoms with Crippen molar-refractivity contribution in [1.29, 1.82) is 0 Å². The van der Waals surface area contributed by atoms with Crippen molar-refractivity contribution in [2.75, 3.05) is 18.4 Å². The first-order chi connectivity index (χ1) is 11.3. The molecule has 1 aliphatic rings. The van der Waals surface area contributed by atoms with E-state index in [1.54, 1.807) is 25.1 Å². The number of amides is 1. The molecule has 1 aromatic carbocycles. The lowest BCUT2D eigenvalue weighted by Gasteiger charge is -2.20. The topological polar surface area (TPSA) is 78.5 Å². The Morgan fingerprint density at radius 2 is 1.92 bits per heavy atom. The number of anilines is 1. The van der Waals surface area contributed by atoms with Crippen molar-refractivity contribution in [3.8, 4) is 0 Å². The van der Waals surface area contributed by atoms with Crippen molar-refractivity contribution in [1.82, 2.24) is 9.62 Å². The zero-order chi connectivity index (χ0) is 17.9. The third-order valence-electron chi connectivity index (χ3n) is 4.24. The summed E-state index contributed by atoms with van der Waals surface area (Å²) in [5, 5.41) is 6.03. The van der Waals surface area contributed by atoms with Crippen LogP contribution in [0.5, 0.6) is 0 Å². The summed E-state index contributed by atoms with van der Waals surface area (Å²) >= 11 is 0. The predicted octanol–water partition coefficient (Wildman–Crippen LogP) is 2.10. The van der Waals surface area contributed by atoms with E-state index >= 15 is 0 Å². The predicted molar refractivity (Wildman–Crippen MR) is 95.5 cm³/mol. The monoisotopic (exact) mass is 353 g/mol. The van der Waals surface area contributed by atoms with Crippen LogP contribution in [0.25, 0.3) is 0 Å². The van der Waals surface area contributed by atoms with Gasteiger partial charge >= 0.3 is 0 Å². The lowest BCUT2D eigenvalue weighted by molar-refractivity contribution is -0.117. The maximum Gasteiger partial charge on any atom is 0.243 e. The highest BCUT2D eigenvalue weighted by Gasteiger charge is 2.27. The van der Waals surface area contributed by atoms with Crippen LogP contribution in [-0.2, 0) is 14.8 Å². The maximum atomic E-state index is 12.7. The number of benzene rings is 1. The maximum absolute atomic E-state index is 12.7. The summed E-state index contributed by atoms with van der Waals surface area (Å²) in [6.07, 6.45) is 2.21. The lowest BCUT2D eigenvalue weighted by Crippen LogP contribution is -2.39. The van der Waals surface area contributed by atoms with Gasteiger partial charge in [0.15, 0.2) is 0 Å². The van der Waals surface area contributed by atoms with Crippen LogP contribution in [0.3, 0.4) is 0 Å². The molecule has 0 saturated heterocycles. The van der Waals surface area contributed by atoms with Crippen molar-refractivity contribution >= 4 is 21.6 Å². The number of nitrogens with zero attached hydrogens (tertiary/aromatic N) is 1. The molecule has 1 aromatic rings. The molecule has 0 heterocycles. The SMILES string of the molecule is CCN(CC)S(=O)(=O)c1cc(NC(=O)C(C)NC2CC2)ccc1C. The van der Waals surface area contributed by atoms with E-state index in [9.17, 15) is 13.2 Å². The van der Waals surface area contributed by atoms with Gasteiger partial charge in [-0.3, -0.25) is 4.79 Å². The lowest BCUT2D eigenvalue weighted by atomic mass is 10.2. The van der Waals surface area contributed by atoms with Crippen LogP contribution in [0, 0.1) is 6.92 Å². The molecule has 0 aliphatic heterocycles. The number of rotatable bonds is 8. The zero-order valence-electron chi connectivity index (χ0n) is 14.8. The fourth-order valence-corrected chi connectivity index (χ4v) is 4.30. The van der Waals surface area contributed by atoms with Crippen molar-refractivity contribution in [2.45, 2.75) is 57.5 Å². The van der Waals surface area contributed by atoms with Gasteiger partial charge in [-0.2, -0.15) is 4.31 Å². The number of carbonyl (C=O) groups excluding carboxylic acids is 1. The average Bonchev–Trinajstić information content (AvgIpc) is 3.33. The van der Waals surface area contributed by atoms with Crippen molar-refractivity contribution in [2.24, 2.45) is 0 Å². The summed E-state index contributed by atoms with van der Waals surface area (Å²) in [5.74, 6) is -0.156. The smallest absolute Gasteiger partial charge is 0.243 e. The number of nitrogens with one attached hydrogen (secondary N) is 2. The molecule has 0 aromatic heterocycles. The van der Waals surface area contributed by atoms with E-state index in [1.807, 2.05) is 20.8 Å². The second kappa shape index (κ2) is 7.63. The summed E-state index contributed by atoms with van der Waals surface area (Å²) in [6, 6.07) is 5.14. The van der Waals surface area contributed by atoms with E-state index in [4.69, 9.17) is 0 Å². The van der Waals surface area contributed by atoms with Crippen LogP contribution in [0.1, 0.15) is 39.2 Å². The molecule has 1 amide bonds. The molecule has 1 aliphatic carbocycles. The molecule has 1 fully saturated rings. The van der Waals surface area contributed by atoms with Crippen LogP contribution in [0.4, 0.5) is 5.69 Å². The van der Waals surface area contributed by atoms with E-state index in [0.29, 0.717) is 30.4 Å². The Morgan fingerprint density at radius 1 is 1.29 bits per heavy atom. The van der Waals surface area contributed by atoms with Crippen molar-refractivity contribution in [3.63, 3.8) is 0 Å². The van der Waals surface area contributed by atoms with Gasteiger partial charge in [0.2, 0.25) is 15.9 Å². The fourth-order valence-electron chi connectivity index (χ4n) is 2.59. The Hall–Kier alpha value is -1.44. The largest absolute Gasteiger partial charge is 0.325 e. The Bertz CT molecular complexity index is 695. The molecule has 0 radical (unpaired) electrons. The van der Waals surface area contributed by atoms with E-state index in [1.165, 1.54) is 4.31 Å². The number of hydrogen-bond donors (Lipinski definition) is 2. The molecule has 2 rings (SSSR count). The third-order valence-corrected chi connectivity index (χ3v) is 6.43. The highest BCUT2D eigenvalue weighted by atomic mass is 32.2. The first-order valence-electron chi connectivity index (χ1n) is 8.47. The Labute approximate surface area is 144 Å². The average molecular weight is 353 g/mol. The highest BCUT2D eigenvalue weighted by Crippen LogP contribution is 2.24. The molecule has 0 bridgehead atoms. The highest BCUT2D eigenvalue weighted by molar-refractivity contribution is 7.89. The molecular formula is C17H27N3O3S. The molecule has 6 nitrogen and oxygen atoms in total. The first kappa shape index (κ1) is 18.9. The first-order valence-corrected chi connectivity index (χ1v) is 9.91. The van der Waals surface area contributed by atoms with Gasteiger partial charge in [-0.15, -0.1) is 0 Å². The van der Waals surface area contributed by atoms with Crippen LogP contribution in [0.2, 0.25) is 0 Å². The molecule has 0 spiro atoms. The minimum Gasteiger partial charge on any atom is -0.325 e. The Kier molecular flexibility index (Phi) is 6.01. The van der Waals surface area contributed by atoms with Gasteiger partial charge in [0.1, 0.15) is 0 Å². The molecule has 7 heteroatoms. The second-order valence-electron chi connectivity index (χ2n) is 6.22. The number of aryl methyl sites for hydroxylation is 1. The van der Waals surface area contributed by atoms with Crippen LogP contribution in [-0.4, -0.2) is 43.8 Å². The number of carbonyl (C=O) groups is 1. The molecule has 1 saturated carbocycles. The summed E-state index contributed by atoms with van der Waals surface area (Å²) < 4.78 is 26.9. The van der Waals surface area contributed by atoms with Crippen molar-refractivity contribution < 1.29 is 13.2 Å². The standard InChI is InChI=1S/C17H27N3O3S/c1-5-20(6-2)24(22,23)16-11-15(8-7-12(16)3)19-17(21)13(4)18-14-9-10-14/h7-8,11,13-14,18H,5-6,9-10H2,1-4H3,(H,19,21). The summed E-state index contributed by atoms with van der Waals surface area (Å²) in [4.78, 5) is 12.5. The van der Waals surface area contributed by atoms with E-state index < -0.39 is 10.0 Å². The van der Waals surface area contributed by atoms with E-state index in [2.05, 4.69) is 10.6 Å². The summed E-state index contributed by atoms with van der Waals surface area (Å²) in [5.41, 5.74) is 1.17. The Morgan fingerprint density at radius 3 is 2.46 bits per heavy atom. The van der Waals surface area contributed by atoms with Gasteiger partial charge in [-0.25, -0.2) is 8.42 Å². The van der Waals surface area contributed by atoms with Gasteiger partial charge < -0.3 is 10.6 Å². The van der Waals surface area contributed by atoms with Crippen molar-refractivity contribution in [3.05, 3.63) is 23.8 Å². The van der Waals surface area contributed by atoms with Gasteiger partial charge in [-0.05, 0) is 44.4 Å². The number of sulfonamides is 1. The fraction of sp³-hybridized carbons (Fsp3) is 0.588. The van der Waals surface area contributed by atoms with Crippen LogP contribution in [0.15, 0.2) is 23.1 Å². The molecular weight excluding hydrogens is 326 g/mol. The summed E-state index contributed by atoms with van der Waals surface area (Å²) in [6.45, 7) is 8.03. The molecule has 1 unspecified atom stereocenters. The minimum absolute atomic E-state index is 0.156. The second-order valence-corrected chi connectivity index (χ2v) is 8.13. The molecule has 2 N–H and O–H groups in total. The number of hydrogen-bond acceptors (Lipinski definition) is 4. The van der Waals surface area contributed by atoms with Gasteiger partial charge in [-0.1, -0.05) is 19.9 Å². The summed E-state index contributed by atoms with van der Waals surface area (Å²) in [7, 11) is -3.55. The van der Waals surface area contributed by atoms with E-state index in [0.717, 1.165) is 12.8 Å². The van der Waals surface area contributed by atoms with Gasteiger partial charge in [0.05, 0.1) is 10.9 Å². The van der Waals surface area contributed by atoms with Crippen LogP contribution >= 0.6 is 0 Å². The van der Waals surface area contributed by atoms with E-state index in [-0.39, 0.29) is 16.8 Å². The van der Waals surface area contributed by atoms with Crippen LogP contribution < -0.4 is 10.6 Å². The Balaban J connectivity index is 2.20. The molecule has 1 atom stereocenters.